The summed E-state index contributed by atoms with van der Waals surface area (Å²) in [4.78, 5) is 11.8. The second kappa shape index (κ2) is 8.95. The Kier molecular flexibility index (Phi) is 7.46. The third kappa shape index (κ3) is 7.27. The van der Waals surface area contributed by atoms with Gasteiger partial charge in [0, 0.05) is 18.1 Å². The highest BCUT2D eigenvalue weighted by molar-refractivity contribution is 7.89. The predicted octanol–water partition coefficient (Wildman–Crippen LogP) is 3.32. The van der Waals surface area contributed by atoms with Gasteiger partial charge < -0.3 is 19.5 Å². The van der Waals surface area contributed by atoms with E-state index in [-0.39, 0.29) is 23.0 Å². The molecule has 1 aliphatic rings. The van der Waals surface area contributed by atoms with Crippen molar-refractivity contribution in [2.24, 2.45) is 0 Å². The van der Waals surface area contributed by atoms with Crippen molar-refractivity contribution in [2.75, 3.05) is 13.1 Å². The molecule has 29 heavy (non-hydrogen) atoms. The smallest absolute Gasteiger partial charge is 0.407 e. The molecular weight excluding hydrogens is 443 g/mol. The number of alkyl carbamates (subject to hydrolysis) is 1. The lowest BCUT2D eigenvalue weighted by Gasteiger charge is -2.22. The number of hydrogen-bond acceptors (Lipinski definition) is 6. The van der Waals surface area contributed by atoms with E-state index in [1.54, 1.807) is 34.6 Å². The highest BCUT2D eigenvalue weighted by Gasteiger charge is 2.42. The zero-order valence-corrected chi connectivity index (χ0v) is 19.2. The number of rotatable bonds is 6. The Hall–Kier alpha value is -1.10. The topological polar surface area (TPSA) is 103 Å². The Morgan fingerprint density at radius 1 is 1.17 bits per heavy atom. The minimum atomic E-state index is -3.90. The first-order chi connectivity index (χ1) is 13.2. The molecule has 0 aromatic heterocycles. The SMILES string of the molecule is CC(C)(C)OC(=O)NC[C@H]1OC(C)(C)O[C@@H]1CNS(=O)(=O)c1ccc(Cl)cc1Cl. The molecule has 0 radical (unpaired) electrons. The molecule has 164 valence electrons. The number of nitrogens with one attached hydrogen (secondary N) is 2. The van der Waals surface area contributed by atoms with Gasteiger partial charge in [-0.15, -0.1) is 0 Å². The molecule has 0 bridgehead atoms. The van der Waals surface area contributed by atoms with E-state index in [9.17, 15) is 13.2 Å². The molecular formula is C18H26Cl2N2O6S. The highest BCUT2D eigenvalue weighted by Crippen LogP contribution is 2.29. The molecule has 8 nitrogen and oxygen atoms in total. The fraction of sp³-hybridized carbons (Fsp3) is 0.611. The summed E-state index contributed by atoms with van der Waals surface area (Å²) >= 11 is 11.8. The first kappa shape index (κ1) is 24.2. The van der Waals surface area contributed by atoms with E-state index < -0.39 is 39.7 Å². The molecule has 1 aromatic rings. The van der Waals surface area contributed by atoms with Gasteiger partial charge in [-0.05, 0) is 52.8 Å². The van der Waals surface area contributed by atoms with Gasteiger partial charge in [0.05, 0.1) is 5.02 Å². The van der Waals surface area contributed by atoms with E-state index in [1.807, 2.05) is 0 Å². The monoisotopic (exact) mass is 468 g/mol. The van der Waals surface area contributed by atoms with Crippen LogP contribution in [-0.4, -0.2) is 51.2 Å². The maximum Gasteiger partial charge on any atom is 0.407 e. The average molecular weight is 469 g/mol. The Balaban J connectivity index is 2.02. The molecule has 1 amide bonds. The fourth-order valence-corrected chi connectivity index (χ4v) is 4.53. The first-order valence-corrected chi connectivity index (χ1v) is 11.2. The zero-order valence-electron chi connectivity index (χ0n) is 16.9. The summed E-state index contributed by atoms with van der Waals surface area (Å²) < 4.78 is 44.4. The van der Waals surface area contributed by atoms with Gasteiger partial charge in [-0.2, -0.15) is 0 Å². The minimum absolute atomic E-state index is 0.0112. The summed E-state index contributed by atoms with van der Waals surface area (Å²) in [5, 5.41) is 2.96. The van der Waals surface area contributed by atoms with Gasteiger partial charge >= 0.3 is 6.09 Å². The van der Waals surface area contributed by atoms with E-state index in [0.717, 1.165) is 0 Å². The molecule has 1 saturated heterocycles. The van der Waals surface area contributed by atoms with Gasteiger partial charge in [0.15, 0.2) is 5.79 Å². The quantitative estimate of drug-likeness (QED) is 0.663. The van der Waals surface area contributed by atoms with Crippen molar-refractivity contribution in [1.82, 2.24) is 10.0 Å². The summed E-state index contributed by atoms with van der Waals surface area (Å²) in [6.07, 6.45) is -1.82. The van der Waals surface area contributed by atoms with Crippen LogP contribution in [0.4, 0.5) is 4.79 Å². The van der Waals surface area contributed by atoms with Gasteiger partial charge in [0.25, 0.3) is 0 Å². The van der Waals surface area contributed by atoms with Crippen molar-refractivity contribution in [2.45, 2.75) is 63.1 Å². The van der Waals surface area contributed by atoms with Gasteiger partial charge in [-0.3, -0.25) is 0 Å². The lowest BCUT2D eigenvalue weighted by Crippen LogP contribution is -2.44. The molecule has 2 atom stereocenters. The van der Waals surface area contributed by atoms with Crippen LogP contribution in [0.25, 0.3) is 0 Å². The molecule has 2 rings (SSSR count). The van der Waals surface area contributed by atoms with Crippen LogP contribution in [0, 0.1) is 0 Å². The predicted molar refractivity (Wildman–Crippen MR) is 110 cm³/mol. The Morgan fingerprint density at radius 3 is 2.31 bits per heavy atom. The maximum absolute atomic E-state index is 12.6. The van der Waals surface area contributed by atoms with Crippen molar-refractivity contribution in [3.05, 3.63) is 28.2 Å². The average Bonchev–Trinajstić information content (AvgIpc) is 2.83. The molecule has 1 heterocycles. The van der Waals surface area contributed by atoms with Crippen LogP contribution in [0.1, 0.15) is 34.6 Å². The van der Waals surface area contributed by atoms with Gasteiger partial charge in [-0.25, -0.2) is 17.9 Å². The van der Waals surface area contributed by atoms with Gasteiger partial charge in [0.1, 0.15) is 22.7 Å². The maximum atomic E-state index is 12.6. The number of amides is 1. The largest absolute Gasteiger partial charge is 0.444 e. The van der Waals surface area contributed by atoms with Crippen molar-refractivity contribution in [3.8, 4) is 0 Å². The van der Waals surface area contributed by atoms with Crippen molar-refractivity contribution in [1.29, 1.82) is 0 Å². The minimum Gasteiger partial charge on any atom is -0.444 e. The van der Waals surface area contributed by atoms with Crippen LogP contribution in [0.5, 0.6) is 0 Å². The molecule has 1 aliphatic heterocycles. The summed E-state index contributed by atoms with van der Waals surface area (Å²) in [5.74, 6) is -0.936. The Morgan fingerprint density at radius 2 is 1.76 bits per heavy atom. The standard InChI is InChI=1S/C18H26Cl2N2O6S/c1-17(2,3)28-16(23)21-9-13-14(27-18(4,5)26-13)10-22-29(24,25)15-7-6-11(19)8-12(15)20/h6-8,13-14,22H,9-10H2,1-5H3,(H,21,23)/t13-,14-/m1/s1. The molecule has 1 aromatic carbocycles. The zero-order chi connectivity index (χ0) is 22.0. The van der Waals surface area contributed by atoms with E-state index in [2.05, 4.69) is 10.0 Å². The Labute approximate surface area is 181 Å². The number of halogens is 2. The molecule has 0 unspecified atom stereocenters. The third-order valence-corrected chi connectivity index (χ3v) is 5.93. The summed E-state index contributed by atoms with van der Waals surface area (Å²) in [7, 11) is -3.90. The second-order valence-corrected chi connectivity index (χ2v) is 10.6. The fourth-order valence-electron chi connectivity index (χ4n) is 2.72. The van der Waals surface area contributed by atoms with Crippen LogP contribution in [0.2, 0.25) is 10.0 Å². The van der Waals surface area contributed by atoms with Crippen molar-refractivity contribution >= 4 is 39.3 Å². The van der Waals surface area contributed by atoms with Gasteiger partial charge in [0.2, 0.25) is 10.0 Å². The van der Waals surface area contributed by atoms with Crippen LogP contribution in [-0.2, 0) is 24.2 Å². The number of sulfonamides is 1. The van der Waals surface area contributed by atoms with Crippen LogP contribution in [0.3, 0.4) is 0 Å². The van der Waals surface area contributed by atoms with E-state index in [1.165, 1.54) is 18.2 Å². The number of ether oxygens (including phenoxy) is 3. The van der Waals surface area contributed by atoms with Crippen molar-refractivity contribution < 1.29 is 27.4 Å². The molecule has 2 N–H and O–H groups in total. The van der Waals surface area contributed by atoms with Crippen molar-refractivity contribution in [3.63, 3.8) is 0 Å². The van der Waals surface area contributed by atoms with Crippen LogP contribution >= 0.6 is 23.2 Å². The molecule has 0 spiro atoms. The number of benzene rings is 1. The number of carbonyl (C=O) groups is 1. The lowest BCUT2D eigenvalue weighted by atomic mass is 10.2. The number of carbonyl (C=O) groups excluding carboxylic acids is 1. The Bertz CT molecular complexity index is 854. The van der Waals surface area contributed by atoms with E-state index in [4.69, 9.17) is 37.4 Å². The highest BCUT2D eigenvalue weighted by atomic mass is 35.5. The third-order valence-electron chi connectivity index (χ3n) is 3.79. The summed E-state index contributed by atoms with van der Waals surface area (Å²) in [6, 6.07) is 4.11. The van der Waals surface area contributed by atoms with E-state index in [0.29, 0.717) is 5.02 Å². The van der Waals surface area contributed by atoms with E-state index >= 15 is 0 Å². The number of hydrogen-bond donors (Lipinski definition) is 2. The van der Waals surface area contributed by atoms with Crippen LogP contribution < -0.4 is 10.0 Å². The second-order valence-electron chi connectivity index (χ2n) is 8.02. The lowest BCUT2D eigenvalue weighted by molar-refractivity contribution is -0.145. The first-order valence-electron chi connectivity index (χ1n) is 8.96. The normalized spacial score (nSPS) is 21.8. The van der Waals surface area contributed by atoms with Crippen LogP contribution in [0.15, 0.2) is 23.1 Å². The molecule has 1 fully saturated rings. The molecule has 0 aliphatic carbocycles. The summed E-state index contributed by atoms with van der Waals surface area (Å²) in [5.41, 5.74) is -0.636. The summed E-state index contributed by atoms with van der Waals surface area (Å²) in [6.45, 7) is 8.69. The molecule has 0 saturated carbocycles. The van der Waals surface area contributed by atoms with Gasteiger partial charge in [-0.1, -0.05) is 23.2 Å². The molecule has 11 heteroatoms.